The zero-order chi connectivity index (χ0) is 9.97. The molecular weight excluding hydrogens is 180 g/mol. The molecule has 1 aliphatic rings. The van der Waals surface area contributed by atoms with Crippen LogP contribution in [0.3, 0.4) is 0 Å². The molecule has 14 heavy (non-hydrogen) atoms. The third-order valence-corrected chi connectivity index (χ3v) is 2.45. The van der Waals surface area contributed by atoms with Crippen molar-refractivity contribution in [3.05, 3.63) is 12.3 Å². The van der Waals surface area contributed by atoms with Gasteiger partial charge in [-0.05, 0) is 18.9 Å². The molecule has 1 saturated carbocycles. The number of nitrogens with zero attached hydrogens (tertiary/aromatic N) is 2. The average Bonchev–Trinajstić information content (AvgIpc) is 2.10. The molecule has 0 aliphatic heterocycles. The fraction of sp³-hybridized carbons (Fsp3) is 0.556. The predicted molar refractivity (Wildman–Crippen MR) is 53.9 cm³/mol. The number of nitrogens with one attached hydrogen (secondary N) is 1. The van der Waals surface area contributed by atoms with Gasteiger partial charge in [-0.3, -0.25) is 0 Å². The maximum atomic E-state index is 5.46. The fourth-order valence-electron chi connectivity index (χ4n) is 1.54. The van der Waals surface area contributed by atoms with E-state index >= 15 is 0 Å². The summed E-state index contributed by atoms with van der Waals surface area (Å²) in [5.74, 6) is 1.09. The SMILES string of the molecule is COC1CC(Nc2ccnc(N)n2)C1. The normalized spacial score (nSPS) is 25.5. The number of ether oxygens (including phenoxy) is 1. The highest BCUT2D eigenvalue weighted by atomic mass is 16.5. The van der Waals surface area contributed by atoms with E-state index in [4.69, 9.17) is 10.5 Å². The molecule has 1 aromatic heterocycles. The van der Waals surface area contributed by atoms with Crippen LogP contribution in [0.4, 0.5) is 11.8 Å². The molecule has 0 atom stereocenters. The highest BCUT2D eigenvalue weighted by molar-refractivity contribution is 5.38. The van der Waals surface area contributed by atoms with Crippen LogP contribution in [0.2, 0.25) is 0 Å². The zero-order valence-corrected chi connectivity index (χ0v) is 8.10. The molecule has 0 amide bonds. The molecule has 0 aromatic carbocycles. The summed E-state index contributed by atoms with van der Waals surface area (Å²) in [4.78, 5) is 7.88. The smallest absolute Gasteiger partial charge is 0.221 e. The predicted octanol–water partition coefficient (Wildman–Crippen LogP) is 0.648. The molecule has 0 unspecified atom stereocenters. The van der Waals surface area contributed by atoms with Crippen molar-refractivity contribution in [2.75, 3.05) is 18.2 Å². The number of aromatic nitrogens is 2. The van der Waals surface area contributed by atoms with Crippen molar-refractivity contribution < 1.29 is 4.74 Å². The Morgan fingerprint density at radius 2 is 2.36 bits per heavy atom. The number of nitrogens with two attached hydrogens (primary N) is 1. The van der Waals surface area contributed by atoms with Crippen molar-refractivity contribution in [3.8, 4) is 0 Å². The topological polar surface area (TPSA) is 73.1 Å². The molecule has 5 heteroatoms. The van der Waals surface area contributed by atoms with Gasteiger partial charge in [0.15, 0.2) is 0 Å². The van der Waals surface area contributed by atoms with Gasteiger partial charge in [-0.25, -0.2) is 4.98 Å². The highest BCUT2D eigenvalue weighted by Crippen LogP contribution is 2.25. The van der Waals surface area contributed by atoms with Gasteiger partial charge in [0.25, 0.3) is 0 Å². The number of hydrogen-bond donors (Lipinski definition) is 2. The second-order valence-electron chi connectivity index (χ2n) is 3.47. The first-order valence-corrected chi connectivity index (χ1v) is 4.66. The summed E-state index contributed by atoms with van der Waals surface area (Å²) in [5.41, 5.74) is 5.46. The number of rotatable bonds is 3. The Morgan fingerprint density at radius 1 is 1.57 bits per heavy atom. The average molecular weight is 194 g/mol. The van der Waals surface area contributed by atoms with Crippen LogP contribution in [-0.2, 0) is 4.74 Å². The molecular formula is C9H14N4O. The van der Waals surface area contributed by atoms with Crippen molar-refractivity contribution in [3.63, 3.8) is 0 Å². The Kier molecular flexibility index (Phi) is 2.49. The monoisotopic (exact) mass is 194 g/mol. The van der Waals surface area contributed by atoms with Gasteiger partial charge in [-0.15, -0.1) is 0 Å². The largest absolute Gasteiger partial charge is 0.381 e. The molecule has 1 heterocycles. The maximum Gasteiger partial charge on any atom is 0.221 e. The van der Waals surface area contributed by atoms with E-state index in [1.807, 2.05) is 6.07 Å². The highest BCUT2D eigenvalue weighted by Gasteiger charge is 2.28. The summed E-state index contributed by atoms with van der Waals surface area (Å²) in [5, 5.41) is 3.27. The Hall–Kier alpha value is -1.36. The molecule has 5 nitrogen and oxygen atoms in total. The van der Waals surface area contributed by atoms with Gasteiger partial charge in [-0.1, -0.05) is 0 Å². The molecule has 1 fully saturated rings. The van der Waals surface area contributed by atoms with Crippen LogP contribution in [0.25, 0.3) is 0 Å². The molecule has 1 aromatic rings. The summed E-state index contributed by atoms with van der Waals surface area (Å²) in [7, 11) is 1.74. The van der Waals surface area contributed by atoms with Crippen LogP contribution in [0.5, 0.6) is 0 Å². The van der Waals surface area contributed by atoms with Gasteiger partial charge < -0.3 is 15.8 Å². The lowest BCUT2D eigenvalue weighted by Crippen LogP contribution is -2.40. The van der Waals surface area contributed by atoms with Gasteiger partial charge in [0.05, 0.1) is 6.10 Å². The number of methoxy groups -OCH3 is 1. The molecule has 1 aliphatic carbocycles. The molecule has 0 radical (unpaired) electrons. The molecule has 3 N–H and O–H groups in total. The third kappa shape index (κ3) is 1.93. The number of nitrogen functional groups attached to an aromatic ring is 1. The first kappa shape index (κ1) is 9.21. The van der Waals surface area contributed by atoms with E-state index in [2.05, 4.69) is 15.3 Å². The second-order valence-corrected chi connectivity index (χ2v) is 3.47. The van der Waals surface area contributed by atoms with Gasteiger partial charge in [-0.2, -0.15) is 4.98 Å². The fourth-order valence-corrected chi connectivity index (χ4v) is 1.54. The molecule has 0 saturated heterocycles. The molecule has 2 rings (SSSR count). The van der Waals surface area contributed by atoms with Crippen LogP contribution in [0.15, 0.2) is 12.3 Å². The van der Waals surface area contributed by atoms with Crippen molar-refractivity contribution in [1.82, 2.24) is 9.97 Å². The zero-order valence-electron chi connectivity index (χ0n) is 8.10. The molecule has 0 bridgehead atoms. The van der Waals surface area contributed by atoms with E-state index in [9.17, 15) is 0 Å². The van der Waals surface area contributed by atoms with Gasteiger partial charge in [0.2, 0.25) is 5.95 Å². The molecule has 0 spiro atoms. The van der Waals surface area contributed by atoms with E-state index in [1.54, 1.807) is 13.3 Å². The van der Waals surface area contributed by atoms with E-state index in [1.165, 1.54) is 0 Å². The van der Waals surface area contributed by atoms with Crippen LogP contribution >= 0.6 is 0 Å². The standard InChI is InChI=1S/C9H14N4O/c1-14-7-4-6(5-7)12-8-2-3-11-9(10)13-8/h2-3,6-7H,4-5H2,1H3,(H3,10,11,12,13). The van der Waals surface area contributed by atoms with Crippen LogP contribution in [0.1, 0.15) is 12.8 Å². The van der Waals surface area contributed by atoms with Crippen LogP contribution < -0.4 is 11.1 Å². The van der Waals surface area contributed by atoms with E-state index in [0.717, 1.165) is 18.7 Å². The van der Waals surface area contributed by atoms with Crippen molar-refractivity contribution in [1.29, 1.82) is 0 Å². The minimum atomic E-state index is 0.303. The first-order chi connectivity index (χ1) is 6.78. The summed E-state index contributed by atoms with van der Waals surface area (Å²) in [6.07, 6.45) is 4.10. The lowest BCUT2D eigenvalue weighted by atomic mass is 9.89. The minimum absolute atomic E-state index is 0.303. The van der Waals surface area contributed by atoms with Gasteiger partial charge in [0, 0.05) is 19.3 Å². The van der Waals surface area contributed by atoms with Crippen molar-refractivity contribution >= 4 is 11.8 Å². The summed E-state index contributed by atoms with van der Waals surface area (Å²) in [6.45, 7) is 0. The second kappa shape index (κ2) is 3.79. The quantitative estimate of drug-likeness (QED) is 0.739. The van der Waals surface area contributed by atoms with E-state index < -0.39 is 0 Å². The third-order valence-electron chi connectivity index (χ3n) is 2.45. The summed E-state index contributed by atoms with van der Waals surface area (Å²) >= 11 is 0. The lowest BCUT2D eigenvalue weighted by Gasteiger charge is -2.34. The van der Waals surface area contributed by atoms with E-state index in [-0.39, 0.29) is 0 Å². The number of anilines is 2. The Morgan fingerprint density at radius 3 is 3.00 bits per heavy atom. The Labute approximate surface area is 82.7 Å². The minimum Gasteiger partial charge on any atom is -0.381 e. The first-order valence-electron chi connectivity index (χ1n) is 4.66. The van der Waals surface area contributed by atoms with Crippen molar-refractivity contribution in [2.45, 2.75) is 25.0 Å². The van der Waals surface area contributed by atoms with Crippen LogP contribution in [0, 0.1) is 0 Å². The number of hydrogen-bond acceptors (Lipinski definition) is 5. The Bertz CT molecular complexity index is 311. The van der Waals surface area contributed by atoms with E-state index in [0.29, 0.717) is 18.1 Å². The van der Waals surface area contributed by atoms with Gasteiger partial charge >= 0.3 is 0 Å². The van der Waals surface area contributed by atoms with Crippen LogP contribution in [-0.4, -0.2) is 29.2 Å². The van der Waals surface area contributed by atoms with Crippen molar-refractivity contribution in [2.24, 2.45) is 0 Å². The maximum absolute atomic E-state index is 5.46. The lowest BCUT2D eigenvalue weighted by molar-refractivity contribution is 0.0328. The Balaban J connectivity index is 1.87. The summed E-state index contributed by atoms with van der Waals surface area (Å²) < 4.78 is 5.18. The summed E-state index contributed by atoms with van der Waals surface area (Å²) in [6, 6.07) is 2.27. The van der Waals surface area contributed by atoms with Gasteiger partial charge in [0.1, 0.15) is 5.82 Å². The molecule has 76 valence electrons.